The molecule has 4 rings (SSSR count). The van der Waals surface area contributed by atoms with Gasteiger partial charge in [-0.1, -0.05) is 91.0 Å². The minimum atomic E-state index is 0.0651. The Morgan fingerprint density at radius 2 is 1.38 bits per heavy atom. The number of piperazine rings is 1. The predicted molar refractivity (Wildman–Crippen MR) is 120 cm³/mol. The summed E-state index contributed by atoms with van der Waals surface area (Å²) in [7, 11) is 0. The molecule has 0 saturated carbocycles. The van der Waals surface area contributed by atoms with Gasteiger partial charge in [-0.05, 0) is 17.2 Å². The van der Waals surface area contributed by atoms with Gasteiger partial charge in [0.25, 0.3) is 0 Å². The van der Waals surface area contributed by atoms with E-state index < -0.39 is 0 Å². The summed E-state index contributed by atoms with van der Waals surface area (Å²) in [5.41, 5.74) is 3.51. The van der Waals surface area contributed by atoms with Crippen LogP contribution >= 0.6 is 0 Å². The van der Waals surface area contributed by atoms with Gasteiger partial charge in [-0.2, -0.15) is 0 Å². The lowest BCUT2D eigenvalue weighted by atomic mass is 10.0. The molecule has 1 fully saturated rings. The molecule has 0 amide bonds. The standard InChI is InChI=1S/C26H28N2O/c29-26-14-8-7-13-24(26)25(16-15-22-9-3-1-4-10-22)28-19-17-27(18-20-28)21-23-11-5-2-6-12-23/h1-16,25,29H,17-21H2/b16-15+. The molecule has 3 aromatic rings. The van der Waals surface area contributed by atoms with Gasteiger partial charge in [0, 0.05) is 38.3 Å². The fourth-order valence-electron chi connectivity index (χ4n) is 3.97. The molecule has 148 valence electrons. The highest BCUT2D eigenvalue weighted by Gasteiger charge is 2.25. The molecule has 1 heterocycles. The Kier molecular flexibility index (Phi) is 6.40. The Morgan fingerprint density at radius 3 is 2.07 bits per heavy atom. The topological polar surface area (TPSA) is 26.7 Å². The average Bonchev–Trinajstić information content (AvgIpc) is 2.77. The lowest BCUT2D eigenvalue weighted by Gasteiger charge is -2.38. The molecule has 0 radical (unpaired) electrons. The SMILES string of the molecule is Oc1ccccc1C(/C=C/c1ccccc1)N1CCN(Cc2ccccc2)CC1. The van der Waals surface area contributed by atoms with Crippen molar-refractivity contribution in [1.82, 2.24) is 9.80 Å². The number of para-hydroxylation sites is 1. The van der Waals surface area contributed by atoms with Crippen molar-refractivity contribution in [2.75, 3.05) is 26.2 Å². The normalized spacial score (nSPS) is 16.8. The molecule has 0 bridgehead atoms. The van der Waals surface area contributed by atoms with Crippen LogP contribution in [0.1, 0.15) is 22.7 Å². The quantitative estimate of drug-likeness (QED) is 0.650. The molecule has 0 aliphatic carbocycles. The Bertz CT molecular complexity index is 916. The van der Waals surface area contributed by atoms with E-state index in [2.05, 4.69) is 76.5 Å². The maximum atomic E-state index is 10.5. The maximum Gasteiger partial charge on any atom is 0.120 e. The van der Waals surface area contributed by atoms with E-state index in [-0.39, 0.29) is 6.04 Å². The molecule has 3 nitrogen and oxygen atoms in total. The highest BCUT2D eigenvalue weighted by atomic mass is 16.3. The molecule has 1 saturated heterocycles. The summed E-state index contributed by atoms with van der Waals surface area (Å²) in [6.45, 7) is 5.00. The number of phenolic OH excluding ortho intramolecular Hbond substituents is 1. The van der Waals surface area contributed by atoms with E-state index in [9.17, 15) is 5.11 Å². The number of hydrogen-bond acceptors (Lipinski definition) is 3. The van der Waals surface area contributed by atoms with Gasteiger partial charge >= 0.3 is 0 Å². The lowest BCUT2D eigenvalue weighted by Crippen LogP contribution is -2.46. The zero-order chi connectivity index (χ0) is 19.9. The van der Waals surface area contributed by atoms with Crippen molar-refractivity contribution in [3.05, 3.63) is 108 Å². The minimum absolute atomic E-state index is 0.0651. The van der Waals surface area contributed by atoms with Gasteiger partial charge in [0.15, 0.2) is 0 Å². The summed E-state index contributed by atoms with van der Waals surface area (Å²) in [5, 5.41) is 10.5. The maximum absolute atomic E-state index is 10.5. The largest absolute Gasteiger partial charge is 0.508 e. The van der Waals surface area contributed by atoms with E-state index in [1.807, 2.05) is 24.3 Å². The van der Waals surface area contributed by atoms with Crippen LogP contribution in [-0.2, 0) is 6.54 Å². The van der Waals surface area contributed by atoms with Crippen molar-refractivity contribution in [3.63, 3.8) is 0 Å². The molecule has 0 spiro atoms. The molecular formula is C26H28N2O. The summed E-state index contributed by atoms with van der Waals surface area (Å²) < 4.78 is 0. The summed E-state index contributed by atoms with van der Waals surface area (Å²) in [6, 6.07) is 28.8. The van der Waals surface area contributed by atoms with Gasteiger partial charge < -0.3 is 5.11 Å². The number of hydrogen-bond donors (Lipinski definition) is 1. The van der Waals surface area contributed by atoms with E-state index in [1.165, 1.54) is 11.1 Å². The van der Waals surface area contributed by atoms with E-state index in [1.54, 1.807) is 6.07 Å². The molecular weight excluding hydrogens is 356 g/mol. The van der Waals surface area contributed by atoms with Gasteiger partial charge in [0.2, 0.25) is 0 Å². The third-order valence-electron chi connectivity index (χ3n) is 5.58. The second-order valence-electron chi connectivity index (χ2n) is 7.57. The van der Waals surface area contributed by atoms with Crippen LogP contribution in [0, 0.1) is 0 Å². The third-order valence-corrected chi connectivity index (χ3v) is 5.58. The zero-order valence-corrected chi connectivity index (χ0v) is 16.7. The first-order valence-corrected chi connectivity index (χ1v) is 10.3. The number of benzene rings is 3. The van der Waals surface area contributed by atoms with E-state index in [0.717, 1.165) is 38.3 Å². The molecule has 1 atom stereocenters. The molecule has 1 aliphatic rings. The zero-order valence-electron chi connectivity index (χ0n) is 16.7. The fourth-order valence-corrected chi connectivity index (χ4v) is 3.97. The lowest BCUT2D eigenvalue weighted by molar-refractivity contribution is 0.106. The van der Waals surface area contributed by atoms with Crippen molar-refractivity contribution in [2.24, 2.45) is 0 Å². The van der Waals surface area contributed by atoms with Crippen molar-refractivity contribution >= 4 is 6.08 Å². The van der Waals surface area contributed by atoms with Crippen LogP contribution < -0.4 is 0 Å². The van der Waals surface area contributed by atoms with Crippen molar-refractivity contribution in [3.8, 4) is 5.75 Å². The second kappa shape index (κ2) is 9.55. The van der Waals surface area contributed by atoms with Gasteiger partial charge in [0.05, 0.1) is 6.04 Å². The molecule has 1 unspecified atom stereocenters. The van der Waals surface area contributed by atoms with Crippen LogP contribution in [0.4, 0.5) is 0 Å². The Hall–Kier alpha value is -2.88. The van der Waals surface area contributed by atoms with E-state index in [4.69, 9.17) is 0 Å². The Balaban J connectivity index is 1.48. The second-order valence-corrected chi connectivity index (χ2v) is 7.57. The smallest absolute Gasteiger partial charge is 0.120 e. The highest BCUT2D eigenvalue weighted by molar-refractivity contribution is 5.51. The summed E-state index contributed by atoms with van der Waals surface area (Å²) in [5.74, 6) is 0.363. The highest BCUT2D eigenvalue weighted by Crippen LogP contribution is 2.31. The average molecular weight is 385 g/mol. The van der Waals surface area contributed by atoms with Gasteiger partial charge in [-0.15, -0.1) is 0 Å². The summed E-state index contributed by atoms with van der Waals surface area (Å²) >= 11 is 0. The van der Waals surface area contributed by atoms with Crippen molar-refractivity contribution < 1.29 is 5.11 Å². The monoisotopic (exact) mass is 384 g/mol. The first kappa shape index (κ1) is 19.4. The third kappa shape index (κ3) is 5.14. The van der Waals surface area contributed by atoms with Gasteiger partial charge in [-0.3, -0.25) is 9.80 Å². The first-order chi connectivity index (χ1) is 14.3. The minimum Gasteiger partial charge on any atom is -0.508 e. The molecule has 3 heteroatoms. The molecule has 3 aromatic carbocycles. The van der Waals surface area contributed by atoms with Crippen LogP contribution in [0.5, 0.6) is 5.75 Å². The van der Waals surface area contributed by atoms with E-state index >= 15 is 0 Å². The number of rotatable bonds is 6. The summed E-state index contributed by atoms with van der Waals surface area (Å²) in [6.07, 6.45) is 4.38. The summed E-state index contributed by atoms with van der Waals surface area (Å²) in [4.78, 5) is 4.98. The Morgan fingerprint density at radius 1 is 0.759 bits per heavy atom. The first-order valence-electron chi connectivity index (χ1n) is 10.3. The molecule has 1 N–H and O–H groups in total. The van der Waals surface area contributed by atoms with Gasteiger partial charge in [0.1, 0.15) is 5.75 Å². The van der Waals surface area contributed by atoms with Crippen LogP contribution in [0.3, 0.4) is 0 Å². The molecule has 0 aromatic heterocycles. The van der Waals surface area contributed by atoms with Crippen LogP contribution in [0.2, 0.25) is 0 Å². The number of phenols is 1. The molecule has 1 aliphatic heterocycles. The van der Waals surface area contributed by atoms with Crippen LogP contribution in [-0.4, -0.2) is 41.1 Å². The van der Waals surface area contributed by atoms with Crippen LogP contribution in [0.25, 0.3) is 6.08 Å². The van der Waals surface area contributed by atoms with Gasteiger partial charge in [-0.25, -0.2) is 0 Å². The predicted octanol–water partition coefficient (Wildman–Crippen LogP) is 4.96. The molecule has 29 heavy (non-hydrogen) atoms. The van der Waals surface area contributed by atoms with Crippen molar-refractivity contribution in [1.29, 1.82) is 0 Å². The van der Waals surface area contributed by atoms with Crippen LogP contribution in [0.15, 0.2) is 91.0 Å². The Labute approximate surface area is 173 Å². The fraction of sp³-hybridized carbons (Fsp3) is 0.231. The van der Waals surface area contributed by atoms with E-state index in [0.29, 0.717) is 5.75 Å². The number of nitrogens with zero attached hydrogens (tertiary/aromatic N) is 2. The van der Waals surface area contributed by atoms with Crippen molar-refractivity contribution in [2.45, 2.75) is 12.6 Å². The number of aromatic hydroxyl groups is 1.